The summed E-state index contributed by atoms with van der Waals surface area (Å²) < 4.78 is 5.01. The standard InChI is InChI=1S/C13H19NO3/c1-17-9-5-6-10(11(15)7-9)12(14)13(16)8-3-2-4-8/h5-8,12-13,15-16H,2-4,14H2,1H3/t12-,13+/m1/s1. The van der Waals surface area contributed by atoms with E-state index in [0.29, 0.717) is 11.3 Å². The average Bonchev–Trinajstić information content (AvgIpc) is 2.25. The highest BCUT2D eigenvalue weighted by Crippen LogP contribution is 2.37. The summed E-state index contributed by atoms with van der Waals surface area (Å²) in [5.41, 5.74) is 6.56. The number of nitrogens with two attached hydrogens (primary N) is 1. The van der Waals surface area contributed by atoms with E-state index in [0.717, 1.165) is 19.3 Å². The molecule has 0 unspecified atom stereocenters. The van der Waals surface area contributed by atoms with Crippen LogP contribution in [0, 0.1) is 5.92 Å². The highest BCUT2D eigenvalue weighted by Gasteiger charge is 2.31. The molecule has 4 heteroatoms. The number of benzene rings is 1. The van der Waals surface area contributed by atoms with Gasteiger partial charge in [0.15, 0.2) is 0 Å². The first-order chi connectivity index (χ1) is 8.13. The molecular weight excluding hydrogens is 218 g/mol. The largest absolute Gasteiger partial charge is 0.507 e. The SMILES string of the molecule is COc1ccc([C@@H](N)[C@@H](O)C2CCC2)c(O)c1. The first-order valence-corrected chi connectivity index (χ1v) is 5.94. The van der Waals surface area contributed by atoms with Crippen molar-refractivity contribution in [3.63, 3.8) is 0 Å². The Bertz CT molecular complexity index is 390. The fourth-order valence-corrected chi connectivity index (χ4v) is 2.19. The van der Waals surface area contributed by atoms with Gasteiger partial charge in [0.05, 0.1) is 19.3 Å². The minimum Gasteiger partial charge on any atom is -0.507 e. The lowest BCUT2D eigenvalue weighted by atomic mass is 9.77. The van der Waals surface area contributed by atoms with Crippen LogP contribution in [0.2, 0.25) is 0 Å². The maximum atomic E-state index is 10.1. The van der Waals surface area contributed by atoms with Gasteiger partial charge in [-0.3, -0.25) is 0 Å². The maximum Gasteiger partial charge on any atom is 0.124 e. The van der Waals surface area contributed by atoms with Gasteiger partial charge >= 0.3 is 0 Å². The monoisotopic (exact) mass is 237 g/mol. The van der Waals surface area contributed by atoms with E-state index in [2.05, 4.69) is 0 Å². The number of phenolic OH excluding ortho intramolecular Hbond substituents is 1. The molecule has 17 heavy (non-hydrogen) atoms. The van der Waals surface area contributed by atoms with Crippen molar-refractivity contribution in [1.82, 2.24) is 0 Å². The van der Waals surface area contributed by atoms with Gasteiger partial charge in [0.1, 0.15) is 11.5 Å². The van der Waals surface area contributed by atoms with Gasteiger partial charge in [-0.25, -0.2) is 0 Å². The zero-order valence-electron chi connectivity index (χ0n) is 9.97. The molecule has 1 aliphatic rings. The Kier molecular flexibility index (Phi) is 3.54. The normalized spacial score (nSPS) is 19.5. The molecule has 0 radical (unpaired) electrons. The third-order valence-electron chi connectivity index (χ3n) is 3.60. The van der Waals surface area contributed by atoms with E-state index in [4.69, 9.17) is 10.5 Å². The molecule has 1 aliphatic carbocycles. The number of hydrogen-bond donors (Lipinski definition) is 3. The summed E-state index contributed by atoms with van der Waals surface area (Å²) in [7, 11) is 1.54. The third kappa shape index (κ3) is 2.37. The Morgan fingerprint density at radius 2 is 2.12 bits per heavy atom. The molecule has 0 bridgehead atoms. The molecule has 0 aliphatic heterocycles. The first-order valence-electron chi connectivity index (χ1n) is 5.94. The molecule has 0 heterocycles. The van der Waals surface area contributed by atoms with Gasteiger partial charge in [0, 0.05) is 11.6 Å². The summed E-state index contributed by atoms with van der Waals surface area (Å²) in [6.45, 7) is 0. The molecule has 4 N–H and O–H groups in total. The van der Waals surface area contributed by atoms with Gasteiger partial charge in [-0.1, -0.05) is 6.42 Å². The highest BCUT2D eigenvalue weighted by molar-refractivity contribution is 5.41. The second kappa shape index (κ2) is 4.94. The van der Waals surface area contributed by atoms with E-state index in [9.17, 15) is 10.2 Å². The van der Waals surface area contributed by atoms with Crippen molar-refractivity contribution in [1.29, 1.82) is 0 Å². The zero-order valence-corrected chi connectivity index (χ0v) is 9.97. The Balaban J connectivity index is 2.15. The van der Waals surface area contributed by atoms with Crippen LogP contribution in [0.1, 0.15) is 30.9 Å². The molecule has 1 saturated carbocycles. The van der Waals surface area contributed by atoms with Crippen LogP contribution in [0.4, 0.5) is 0 Å². The summed E-state index contributed by atoms with van der Waals surface area (Å²) in [4.78, 5) is 0. The lowest BCUT2D eigenvalue weighted by Gasteiger charge is -2.34. The van der Waals surface area contributed by atoms with E-state index in [1.54, 1.807) is 12.1 Å². The molecule has 0 saturated heterocycles. The maximum absolute atomic E-state index is 10.1. The van der Waals surface area contributed by atoms with Gasteiger partial charge < -0.3 is 20.7 Å². The van der Waals surface area contributed by atoms with E-state index in [1.807, 2.05) is 0 Å². The Morgan fingerprint density at radius 1 is 1.41 bits per heavy atom. The molecule has 1 aromatic carbocycles. The van der Waals surface area contributed by atoms with E-state index in [1.165, 1.54) is 13.2 Å². The zero-order chi connectivity index (χ0) is 12.4. The topological polar surface area (TPSA) is 75.7 Å². The summed E-state index contributed by atoms with van der Waals surface area (Å²) in [6.07, 6.45) is 2.61. The van der Waals surface area contributed by atoms with Crippen LogP contribution in [0.15, 0.2) is 18.2 Å². The van der Waals surface area contributed by atoms with Crippen molar-refractivity contribution in [2.75, 3.05) is 7.11 Å². The Hall–Kier alpha value is -1.26. The molecule has 2 atom stereocenters. The number of hydrogen-bond acceptors (Lipinski definition) is 4. The molecule has 94 valence electrons. The van der Waals surface area contributed by atoms with Crippen LogP contribution in [-0.2, 0) is 0 Å². The van der Waals surface area contributed by atoms with Gasteiger partial charge in [0.2, 0.25) is 0 Å². The fraction of sp³-hybridized carbons (Fsp3) is 0.538. The second-order valence-corrected chi connectivity index (χ2v) is 4.63. The number of aliphatic hydroxyl groups is 1. The van der Waals surface area contributed by atoms with E-state index >= 15 is 0 Å². The van der Waals surface area contributed by atoms with Gasteiger partial charge in [-0.2, -0.15) is 0 Å². The number of rotatable bonds is 4. The number of aliphatic hydroxyl groups excluding tert-OH is 1. The minimum absolute atomic E-state index is 0.0789. The lowest BCUT2D eigenvalue weighted by Crippen LogP contribution is -2.36. The number of methoxy groups -OCH3 is 1. The van der Waals surface area contributed by atoms with Crippen LogP contribution in [0.3, 0.4) is 0 Å². The molecule has 0 amide bonds. The Labute approximate surface area is 101 Å². The quantitative estimate of drug-likeness (QED) is 0.743. The fourth-order valence-electron chi connectivity index (χ4n) is 2.19. The number of ether oxygens (including phenoxy) is 1. The van der Waals surface area contributed by atoms with Crippen LogP contribution in [-0.4, -0.2) is 23.4 Å². The van der Waals surface area contributed by atoms with Crippen molar-refractivity contribution in [2.45, 2.75) is 31.4 Å². The average molecular weight is 237 g/mol. The van der Waals surface area contributed by atoms with E-state index < -0.39 is 12.1 Å². The summed E-state index contributed by atoms with van der Waals surface area (Å²) >= 11 is 0. The van der Waals surface area contributed by atoms with Crippen molar-refractivity contribution in [3.8, 4) is 11.5 Å². The highest BCUT2D eigenvalue weighted by atomic mass is 16.5. The van der Waals surface area contributed by atoms with Crippen molar-refractivity contribution < 1.29 is 14.9 Å². The third-order valence-corrected chi connectivity index (χ3v) is 3.60. The van der Waals surface area contributed by atoms with Gasteiger partial charge in [0.25, 0.3) is 0 Å². The molecule has 0 aromatic heterocycles. The van der Waals surface area contributed by atoms with Crippen molar-refractivity contribution >= 4 is 0 Å². The molecule has 1 aromatic rings. The molecule has 2 rings (SSSR count). The van der Waals surface area contributed by atoms with Crippen molar-refractivity contribution in [3.05, 3.63) is 23.8 Å². The second-order valence-electron chi connectivity index (χ2n) is 4.63. The lowest BCUT2D eigenvalue weighted by molar-refractivity contribution is 0.0407. The van der Waals surface area contributed by atoms with Crippen LogP contribution in [0.5, 0.6) is 11.5 Å². The molecular formula is C13H19NO3. The molecule has 0 spiro atoms. The van der Waals surface area contributed by atoms with Gasteiger partial charge in [-0.15, -0.1) is 0 Å². The first kappa shape index (κ1) is 12.2. The van der Waals surface area contributed by atoms with E-state index in [-0.39, 0.29) is 11.7 Å². The predicted octanol–water partition coefficient (Wildman–Crippen LogP) is 1.56. The minimum atomic E-state index is -0.581. The summed E-state index contributed by atoms with van der Waals surface area (Å²) in [5, 5.41) is 19.9. The number of aromatic hydroxyl groups is 1. The molecule has 1 fully saturated rings. The van der Waals surface area contributed by atoms with Gasteiger partial charge in [-0.05, 0) is 30.9 Å². The van der Waals surface area contributed by atoms with Crippen LogP contribution >= 0.6 is 0 Å². The summed E-state index contributed by atoms with van der Waals surface area (Å²) in [6, 6.07) is 4.43. The predicted molar refractivity (Wildman–Crippen MR) is 64.9 cm³/mol. The van der Waals surface area contributed by atoms with Crippen LogP contribution in [0.25, 0.3) is 0 Å². The summed E-state index contributed by atoms with van der Waals surface area (Å²) in [5.74, 6) is 0.929. The smallest absolute Gasteiger partial charge is 0.124 e. The number of phenols is 1. The van der Waals surface area contributed by atoms with Crippen molar-refractivity contribution in [2.24, 2.45) is 11.7 Å². The molecule has 4 nitrogen and oxygen atoms in total. The Morgan fingerprint density at radius 3 is 2.59 bits per heavy atom. The van der Waals surface area contributed by atoms with Crippen LogP contribution < -0.4 is 10.5 Å².